The van der Waals surface area contributed by atoms with Gasteiger partial charge in [-0.15, -0.1) is 5.10 Å². The van der Waals surface area contributed by atoms with Crippen molar-refractivity contribution in [2.45, 2.75) is 26.2 Å². The number of fused-ring (bicyclic) bond motifs is 1. The molecule has 1 aromatic carbocycles. The molecule has 9 heteroatoms. The van der Waals surface area contributed by atoms with Gasteiger partial charge in [-0.1, -0.05) is 13.0 Å². The van der Waals surface area contributed by atoms with Crippen LogP contribution in [0, 0.1) is 5.92 Å². The molecule has 134 valence electrons. The quantitative estimate of drug-likeness (QED) is 0.330. The van der Waals surface area contributed by atoms with Gasteiger partial charge in [-0.3, -0.25) is 14.4 Å². The number of nitrogens with one attached hydrogen (secondary N) is 1. The van der Waals surface area contributed by atoms with Gasteiger partial charge in [0.25, 0.3) is 5.91 Å². The molecular weight excluding hydrogens is 326 g/mol. The van der Waals surface area contributed by atoms with Gasteiger partial charge in [0.2, 0.25) is 11.9 Å². The van der Waals surface area contributed by atoms with Gasteiger partial charge in [-0.2, -0.15) is 0 Å². The highest BCUT2D eigenvalue weighted by atomic mass is 16.4. The van der Waals surface area contributed by atoms with Crippen molar-refractivity contribution in [1.82, 2.24) is 5.01 Å². The zero-order valence-electron chi connectivity index (χ0n) is 13.9. The Balaban J connectivity index is 2.25. The van der Waals surface area contributed by atoms with E-state index in [4.69, 9.17) is 16.6 Å². The van der Waals surface area contributed by atoms with Crippen molar-refractivity contribution in [3.63, 3.8) is 0 Å². The second-order valence-corrected chi connectivity index (χ2v) is 5.81. The first-order valence-electron chi connectivity index (χ1n) is 7.88. The minimum Gasteiger partial charge on any atom is -0.481 e. The average molecular weight is 347 g/mol. The molecule has 25 heavy (non-hydrogen) atoms. The fraction of sp³-hybridized carbons (Fsp3) is 0.375. The Labute approximate surface area is 144 Å². The maximum Gasteiger partial charge on any atom is 0.304 e. The van der Waals surface area contributed by atoms with Crippen molar-refractivity contribution in [2.24, 2.45) is 22.5 Å². The third kappa shape index (κ3) is 4.46. The normalized spacial score (nSPS) is 15.7. The summed E-state index contributed by atoms with van der Waals surface area (Å²) in [5.41, 5.74) is 12.3. The number of nitrogens with zero attached hydrogens (tertiary/aromatic N) is 2. The summed E-state index contributed by atoms with van der Waals surface area (Å²) in [5, 5.41) is 16.5. The number of carboxylic acid groups (broad SMARTS) is 1. The van der Waals surface area contributed by atoms with E-state index in [0.29, 0.717) is 30.6 Å². The van der Waals surface area contributed by atoms with Gasteiger partial charge in [0.15, 0.2) is 0 Å². The molecule has 1 aliphatic rings. The second-order valence-electron chi connectivity index (χ2n) is 5.81. The zero-order valence-corrected chi connectivity index (χ0v) is 13.9. The summed E-state index contributed by atoms with van der Waals surface area (Å²) in [5.74, 6) is -2.62. The van der Waals surface area contributed by atoms with Crippen LogP contribution in [-0.2, 0) is 16.0 Å². The molecule has 0 spiro atoms. The van der Waals surface area contributed by atoms with Gasteiger partial charge in [0.05, 0.1) is 12.3 Å². The number of benzene rings is 1. The maximum absolute atomic E-state index is 12.6. The summed E-state index contributed by atoms with van der Waals surface area (Å²) < 4.78 is 0. The van der Waals surface area contributed by atoms with Crippen LogP contribution >= 0.6 is 0 Å². The molecule has 1 unspecified atom stereocenters. The van der Waals surface area contributed by atoms with E-state index in [9.17, 15) is 14.4 Å². The lowest BCUT2D eigenvalue weighted by molar-refractivity contribution is -0.140. The zero-order chi connectivity index (χ0) is 18.6. The van der Waals surface area contributed by atoms with Crippen LogP contribution < -0.4 is 16.8 Å². The Morgan fingerprint density at radius 2 is 2.12 bits per heavy atom. The minimum atomic E-state index is -1.03. The first kappa shape index (κ1) is 18.2. The van der Waals surface area contributed by atoms with Gasteiger partial charge >= 0.3 is 5.97 Å². The number of anilines is 1. The standard InChI is InChI=1S/C16H21N5O4/c1-2-5-21(20-16(17)18)15(25)10-4-3-9-6-11(8-13(22)23)14(24)19-12(9)7-10/h3-4,7,11H,2,5-6,8H2,1H3,(H,19,24)(H,22,23)(H4,17,18,20). The maximum atomic E-state index is 12.6. The molecule has 2 amide bonds. The molecule has 1 atom stereocenters. The van der Waals surface area contributed by atoms with E-state index in [2.05, 4.69) is 10.4 Å². The fourth-order valence-electron chi connectivity index (χ4n) is 2.67. The van der Waals surface area contributed by atoms with Crippen LogP contribution in [0.3, 0.4) is 0 Å². The molecule has 1 heterocycles. The smallest absolute Gasteiger partial charge is 0.304 e. The van der Waals surface area contributed by atoms with E-state index in [1.165, 1.54) is 5.01 Å². The molecule has 0 bridgehead atoms. The van der Waals surface area contributed by atoms with Crippen LogP contribution in [0.15, 0.2) is 23.3 Å². The molecule has 9 nitrogen and oxygen atoms in total. The second kappa shape index (κ2) is 7.65. The van der Waals surface area contributed by atoms with Crippen molar-refractivity contribution in [3.8, 4) is 0 Å². The van der Waals surface area contributed by atoms with E-state index in [0.717, 1.165) is 5.56 Å². The van der Waals surface area contributed by atoms with Gasteiger partial charge in [-0.25, -0.2) is 5.01 Å². The predicted octanol–water partition coefficient (Wildman–Crippen LogP) is 0.313. The van der Waals surface area contributed by atoms with Crippen molar-refractivity contribution >= 4 is 29.4 Å². The highest BCUT2D eigenvalue weighted by molar-refractivity contribution is 6.00. The Bertz CT molecular complexity index is 727. The number of hydrogen-bond acceptors (Lipinski definition) is 4. The molecule has 0 aromatic heterocycles. The first-order chi connectivity index (χ1) is 11.8. The number of hydrazone groups is 1. The third-order valence-corrected chi connectivity index (χ3v) is 3.78. The van der Waals surface area contributed by atoms with Crippen LogP contribution in [-0.4, -0.2) is 40.4 Å². The summed E-state index contributed by atoms with van der Waals surface area (Å²) >= 11 is 0. The molecule has 0 saturated heterocycles. The van der Waals surface area contributed by atoms with Crippen LogP contribution in [0.4, 0.5) is 5.69 Å². The van der Waals surface area contributed by atoms with Crippen LogP contribution in [0.2, 0.25) is 0 Å². The molecule has 6 N–H and O–H groups in total. The number of nitrogens with two attached hydrogens (primary N) is 2. The average Bonchev–Trinajstić information content (AvgIpc) is 2.53. The third-order valence-electron chi connectivity index (χ3n) is 3.78. The van der Waals surface area contributed by atoms with E-state index in [-0.39, 0.29) is 24.2 Å². The lowest BCUT2D eigenvalue weighted by Gasteiger charge is -2.24. The molecule has 0 radical (unpaired) electrons. The first-order valence-corrected chi connectivity index (χ1v) is 7.88. The van der Waals surface area contributed by atoms with Gasteiger partial charge in [0.1, 0.15) is 0 Å². The Morgan fingerprint density at radius 1 is 1.40 bits per heavy atom. The van der Waals surface area contributed by atoms with Crippen molar-refractivity contribution in [2.75, 3.05) is 11.9 Å². The number of aliphatic carboxylic acids is 1. The van der Waals surface area contributed by atoms with E-state index in [1.54, 1.807) is 18.2 Å². The highest BCUT2D eigenvalue weighted by Crippen LogP contribution is 2.28. The number of amides is 2. The summed E-state index contributed by atoms with van der Waals surface area (Å²) in [4.78, 5) is 35.4. The number of carboxylic acids is 1. The Hall–Kier alpha value is -3.10. The van der Waals surface area contributed by atoms with Crippen LogP contribution in [0.1, 0.15) is 35.7 Å². The van der Waals surface area contributed by atoms with Gasteiger partial charge < -0.3 is 21.9 Å². The number of hydrogen-bond donors (Lipinski definition) is 4. The molecule has 1 aromatic rings. The number of carbonyl (C=O) groups is 3. The van der Waals surface area contributed by atoms with Gasteiger partial charge in [-0.05, 0) is 30.5 Å². The summed E-state index contributed by atoms with van der Waals surface area (Å²) in [6.07, 6.45) is 0.746. The van der Waals surface area contributed by atoms with Crippen molar-refractivity contribution in [3.05, 3.63) is 29.3 Å². The monoisotopic (exact) mass is 347 g/mol. The van der Waals surface area contributed by atoms with Gasteiger partial charge in [0, 0.05) is 17.8 Å². The fourth-order valence-corrected chi connectivity index (χ4v) is 2.67. The molecular formula is C16H21N5O4. The molecule has 2 rings (SSSR count). The Kier molecular flexibility index (Phi) is 5.58. The molecule has 0 aliphatic carbocycles. The lowest BCUT2D eigenvalue weighted by atomic mass is 9.90. The van der Waals surface area contributed by atoms with E-state index in [1.807, 2.05) is 6.92 Å². The lowest BCUT2D eigenvalue weighted by Crippen LogP contribution is -2.34. The molecule has 0 fully saturated rings. The topological polar surface area (TPSA) is 151 Å². The number of rotatable bonds is 6. The predicted molar refractivity (Wildman–Crippen MR) is 91.7 cm³/mol. The van der Waals surface area contributed by atoms with Crippen molar-refractivity contribution in [1.29, 1.82) is 0 Å². The van der Waals surface area contributed by atoms with Crippen LogP contribution in [0.5, 0.6) is 0 Å². The number of guanidine groups is 1. The highest BCUT2D eigenvalue weighted by Gasteiger charge is 2.29. The van der Waals surface area contributed by atoms with E-state index >= 15 is 0 Å². The summed E-state index contributed by atoms with van der Waals surface area (Å²) in [7, 11) is 0. The molecule has 0 saturated carbocycles. The Morgan fingerprint density at radius 3 is 2.72 bits per heavy atom. The summed E-state index contributed by atoms with van der Waals surface area (Å²) in [6.45, 7) is 2.24. The molecule has 1 aliphatic heterocycles. The van der Waals surface area contributed by atoms with Crippen molar-refractivity contribution < 1.29 is 19.5 Å². The van der Waals surface area contributed by atoms with Crippen LogP contribution in [0.25, 0.3) is 0 Å². The summed E-state index contributed by atoms with van der Waals surface area (Å²) in [6, 6.07) is 4.87. The largest absolute Gasteiger partial charge is 0.481 e. The number of carbonyl (C=O) groups excluding carboxylic acids is 2. The SMILES string of the molecule is CCCN(N=C(N)N)C(=O)c1ccc2c(c1)NC(=O)C(CC(=O)O)C2. The van der Waals surface area contributed by atoms with E-state index < -0.39 is 11.9 Å². The minimum absolute atomic E-state index is 0.218.